The van der Waals surface area contributed by atoms with Crippen LogP contribution in [-0.2, 0) is 21.4 Å². The number of halogens is 3. The van der Waals surface area contributed by atoms with E-state index in [2.05, 4.69) is 25.4 Å². The average molecular weight is 498 g/mol. The lowest BCUT2D eigenvalue weighted by molar-refractivity contribution is -0.274. The summed E-state index contributed by atoms with van der Waals surface area (Å²) in [5.74, 6) is -0.623. The molecule has 12 heteroatoms. The van der Waals surface area contributed by atoms with E-state index >= 15 is 0 Å². The van der Waals surface area contributed by atoms with Crippen molar-refractivity contribution in [2.75, 3.05) is 31.6 Å². The Morgan fingerprint density at radius 3 is 2.54 bits per heavy atom. The van der Waals surface area contributed by atoms with Gasteiger partial charge in [-0.2, -0.15) is 5.10 Å². The minimum atomic E-state index is -4.81. The second-order valence-electron chi connectivity index (χ2n) is 9.04. The summed E-state index contributed by atoms with van der Waals surface area (Å²) in [4.78, 5) is 26.7. The van der Waals surface area contributed by atoms with Crippen LogP contribution < -0.4 is 15.4 Å². The lowest BCUT2D eigenvalue weighted by atomic mass is 9.84. The van der Waals surface area contributed by atoms with Gasteiger partial charge in [-0.25, -0.2) is 0 Å². The van der Waals surface area contributed by atoms with E-state index in [4.69, 9.17) is 4.74 Å². The predicted octanol–water partition coefficient (Wildman–Crippen LogP) is 2.81. The van der Waals surface area contributed by atoms with E-state index in [0.29, 0.717) is 23.6 Å². The highest BCUT2D eigenvalue weighted by Gasteiger charge is 2.36. The molecule has 1 aromatic carbocycles. The van der Waals surface area contributed by atoms with Crippen LogP contribution in [0.2, 0.25) is 0 Å². The number of carbonyl (C=O) groups is 2. The number of ether oxygens (including phenoxy) is 2. The largest absolute Gasteiger partial charge is 0.573 e. The number of alkyl halides is 3. The van der Waals surface area contributed by atoms with Crippen LogP contribution in [0.15, 0.2) is 18.2 Å². The first-order chi connectivity index (χ1) is 16.6. The van der Waals surface area contributed by atoms with Crippen LogP contribution in [-0.4, -0.2) is 71.2 Å². The molecule has 4 rings (SSSR count). The number of rotatable bonds is 8. The number of likely N-dealkylation sites (tertiary alicyclic amines) is 1. The number of aryl methyl sites for hydroxylation is 1. The zero-order valence-electron chi connectivity index (χ0n) is 19.7. The maximum Gasteiger partial charge on any atom is 0.573 e. The molecule has 9 nitrogen and oxygen atoms in total. The molecule has 2 heterocycles. The number of aromatic nitrogens is 2. The van der Waals surface area contributed by atoms with Crippen molar-refractivity contribution in [2.24, 2.45) is 13.0 Å². The molecule has 1 saturated heterocycles. The maximum absolute atomic E-state index is 12.6. The third-order valence-corrected chi connectivity index (χ3v) is 6.61. The summed E-state index contributed by atoms with van der Waals surface area (Å²) in [7, 11) is 1.64. The SMILES string of the molecule is CCOC(=O)C1CCC(N2CC(NCC(=O)Nc3nn(C)c4ccc(OC(F)(F)F)cc34)C2)CC1. The van der Waals surface area contributed by atoms with Gasteiger partial charge in [-0.15, -0.1) is 13.2 Å². The van der Waals surface area contributed by atoms with Gasteiger partial charge >= 0.3 is 12.3 Å². The highest BCUT2D eigenvalue weighted by Crippen LogP contribution is 2.31. The minimum absolute atomic E-state index is 0.00359. The third kappa shape index (κ3) is 6.23. The monoisotopic (exact) mass is 497 g/mol. The standard InChI is InChI=1S/C23H30F3N5O4/c1-3-34-22(33)14-4-6-16(7-5-14)31-12-15(13-31)27-11-20(32)28-21-18-10-17(35-23(24,25)26)8-9-19(18)30(2)29-21/h8-10,14-16,27H,3-7,11-13H2,1-2H3,(H,28,29,32). The lowest BCUT2D eigenvalue weighted by Crippen LogP contribution is -2.62. The van der Waals surface area contributed by atoms with Gasteiger partial charge in [-0.1, -0.05) is 0 Å². The van der Waals surface area contributed by atoms with E-state index in [1.165, 1.54) is 22.9 Å². The number of esters is 1. The number of carbonyl (C=O) groups excluding carboxylic acids is 2. The fraction of sp³-hybridized carbons (Fsp3) is 0.609. The molecule has 0 spiro atoms. The molecule has 2 aromatic rings. The Bertz CT molecular complexity index is 1060. The number of anilines is 1. The van der Waals surface area contributed by atoms with Gasteiger partial charge in [0.15, 0.2) is 5.82 Å². The van der Waals surface area contributed by atoms with Crippen molar-refractivity contribution in [2.45, 2.75) is 51.1 Å². The van der Waals surface area contributed by atoms with Crippen molar-refractivity contribution < 1.29 is 32.2 Å². The second kappa shape index (κ2) is 10.4. The Hall–Kier alpha value is -2.86. The molecule has 0 atom stereocenters. The molecule has 35 heavy (non-hydrogen) atoms. The first kappa shape index (κ1) is 25.2. The van der Waals surface area contributed by atoms with E-state index in [-0.39, 0.29) is 41.9 Å². The topological polar surface area (TPSA) is 97.7 Å². The number of hydrogen-bond acceptors (Lipinski definition) is 7. The smallest absolute Gasteiger partial charge is 0.466 e. The van der Waals surface area contributed by atoms with Crippen LogP contribution >= 0.6 is 0 Å². The maximum atomic E-state index is 12.6. The molecular weight excluding hydrogens is 467 g/mol. The third-order valence-electron chi connectivity index (χ3n) is 6.61. The molecule has 2 N–H and O–H groups in total. The van der Waals surface area contributed by atoms with E-state index in [0.717, 1.165) is 38.8 Å². The molecule has 192 valence electrons. The van der Waals surface area contributed by atoms with Crippen LogP contribution in [0.4, 0.5) is 19.0 Å². The highest BCUT2D eigenvalue weighted by atomic mass is 19.4. The average Bonchev–Trinajstić information content (AvgIpc) is 3.06. The van der Waals surface area contributed by atoms with Gasteiger partial charge in [0.1, 0.15) is 5.75 Å². The molecule has 1 aromatic heterocycles. The van der Waals surface area contributed by atoms with Gasteiger partial charge in [0.05, 0.1) is 24.6 Å². The second-order valence-corrected chi connectivity index (χ2v) is 9.04. The predicted molar refractivity (Wildman–Crippen MR) is 122 cm³/mol. The molecular formula is C23H30F3N5O4. The molecule has 0 unspecified atom stereocenters. The van der Waals surface area contributed by atoms with Crippen LogP contribution in [0.1, 0.15) is 32.6 Å². The summed E-state index contributed by atoms with van der Waals surface area (Å²) in [5.41, 5.74) is 0.565. The summed E-state index contributed by atoms with van der Waals surface area (Å²) < 4.78 is 48.2. The summed E-state index contributed by atoms with van der Waals surface area (Å²) >= 11 is 0. The molecule has 2 fully saturated rings. The Balaban J connectivity index is 1.23. The first-order valence-electron chi connectivity index (χ1n) is 11.8. The summed E-state index contributed by atoms with van der Waals surface area (Å²) in [5, 5.41) is 10.5. The number of amides is 1. The number of fused-ring (bicyclic) bond motifs is 1. The van der Waals surface area contributed by atoms with E-state index in [1.54, 1.807) is 7.05 Å². The molecule has 1 amide bonds. The first-order valence-corrected chi connectivity index (χ1v) is 11.8. The van der Waals surface area contributed by atoms with Crippen molar-refractivity contribution in [3.05, 3.63) is 18.2 Å². The van der Waals surface area contributed by atoms with E-state index in [9.17, 15) is 22.8 Å². The van der Waals surface area contributed by atoms with Gasteiger partial charge in [-0.3, -0.25) is 19.2 Å². The number of hydrogen-bond donors (Lipinski definition) is 2. The lowest BCUT2D eigenvalue weighted by Gasteiger charge is -2.46. The number of nitrogens with one attached hydrogen (secondary N) is 2. The normalized spacial score (nSPS) is 21.5. The fourth-order valence-corrected chi connectivity index (χ4v) is 4.82. The van der Waals surface area contributed by atoms with E-state index < -0.39 is 6.36 Å². The van der Waals surface area contributed by atoms with E-state index in [1.807, 2.05) is 6.92 Å². The van der Waals surface area contributed by atoms with Gasteiger partial charge in [0.25, 0.3) is 0 Å². The van der Waals surface area contributed by atoms with Gasteiger partial charge in [0, 0.05) is 37.6 Å². The van der Waals surface area contributed by atoms with Crippen LogP contribution in [0, 0.1) is 5.92 Å². The van der Waals surface area contributed by atoms with Crippen LogP contribution in [0.25, 0.3) is 10.9 Å². The summed E-state index contributed by atoms with van der Waals surface area (Å²) in [6, 6.07) is 4.49. The Kier molecular flexibility index (Phi) is 7.50. The zero-order valence-corrected chi connectivity index (χ0v) is 19.7. The summed E-state index contributed by atoms with van der Waals surface area (Å²) in [6.45, 7) is 3.94. The van der Waals surface area contributed by atoms with Crippen molar-refractivity contribution in [3.8, 4) is 5.75 Å². The molecule has 0 radical (unpaired) electrons. The molecule has 1 saturated carbocycles. The van der Waals surface area contributed by atoms with Gasteiger partial charge < -0.3 is 20.1 Å². The number of benzene rings is 1. The van der Waals surface area contributed by atoms with Crippen LogP contribution in [0.5, 0.6) is 5.75 Å². The molecule has 1 aliphatic carbocycles. The fourth-order valence-electron chi connectivity index (χ4n) is 4.82. The van der Waals surface area contributed by atoms with Crippen molar-refractivity contribution in [3.63, 3.8) is 0 Å². The number of nitrogens with zero attached hydrogens (tertiary/aromatic N) is 3. The molecule has 0 bridgehead atoms. The van der Waals surface area contributed by atoms with Gasteiger partial charge in [-0.05, 0) is 50.8 Å². The van der Waals surface area contributed by atoms with Crippen LogP contribution in [0.3, 0.4) is 0 Å². The molecule has 2 aliphatic rings. The Labute approximate surface area is 200 Å². The molecule has 1 aliphatic heterocycles. The van der Waals surface area contributed by atoms with Crippen molar-refractivity contribution in [1.82, 2.24) is 20.0 Å². The van der Waals surface area contributed by atoms with Crippen molar-refractivity contribution in [1.29, 1.82) is 0 Å². The zero-order chi connectivity index (χ0) is 25.2. The van der Waals surface area contributed by atoms with Gasteiger partial charge in [0.2, 0.25) is 5.91 Å². The summed E-state index contributed by atoms with van der Waals surface area (Å²) in [6.07, 6.45) is -1.20. The Morgan fingerprint density at radius 2 is 1.89 bits per heavy atom. The minimum Gasteiger partial charge on any atom is -0.466 e. The Morgan fingerprint density at radius 1 is 1.17 bits per heavy atom. The van der Waals surface area contributed by atoms with Crippen molar-refractivity contribution >= 4 is 28.6 Å². The highest BCUT2D eigenvalue weighted by molar-refractivity contribution is 6.01. The quantitative estimate of drug-likeness (QED) is 0.542.